The molecule has 1 aliphatic heterocycles. The molecule has 0 aromatic rings. The second kappa shape index (κ2) is 5.15. The van der Waals surface area contributed by atoms with Crippen molar-refractivity contribution in [2.45, 2.75) is 13.1 Å². The lowest BCUT2D eigenvalue weighted by Crippen LogP contribution is -2.48. The third-order valence-corrected chi connectivity index (χ3v) is 1.49. The van der Waals surface area contributed by atoms with Crippen molar-refractivity contribution in [3.8, 4) is 0 Å². The summed E-state index contributed by atoms with van der Waals surface area (Å²) in [7, 11) is 0. The molecule has 15 heavy (non-hydrogen) atoms. The first-order valence-corrected chi connectivity index (χ1v) is 4.28. The van der Waals surface area contributed by atoms with E-state index in [9.17, 15) is 14.4 Å². The van der Waals surface area contributed by atoms with Crippen LogP contribution in [0.5, 0.6) is 0 Å². The molecule has 0 aliphatic carbocycles. The van der Waals surface area contributed by atoms with Crippen molar-refractivity contribution >= 4 is 17.9 Å². The van der Waals surface area contributed by atoms with Gasteiger partial charge in [0.2, 0.25) is 6.17 Å². The highest BCUT2D eigenvalue weighted by molar-refractivity contribution is 5.98. The highest BCUT2D eigenvalue weighted by Gasteiger charge is 2.24. The molecule has 0 saturated carbocycles. The third kappa shape index (κ3) is 3.43. The van der Waals surface area contributed by atoms with Gasteiger partial charge in [-0.2, -0.15) is 5.11 Å². The maximum Gasteiger partial charge on any atom is 0.366 e. The fourth-order valence-electron chi connectivity index (χ4n) is 0.887. The highest BCUT2D eigenvalue weighted by Crippen LogP contribution is 1.96. The van der Waals surface area contributed by atoms with Crippen molar-refractivity contribution in [1.29, 1.82) is 0 Å². The quantitative estimate of drug-likeness (QED) is 0.593. The Balaban J connectivity index is 2.39. The number of nitrogens with zero attached hydrogens (tertiary/aromatic N) is 2. The molecule has 1 aliphatic rings. The summed E-state index contributed by atoms with van der Waals surface area (Å²) in [6, 6.07) is -0.811. The van der Waals surface area contributed by atoms with Gasteiger partial charge in [0.25, 0.3) is 5.91 Å². The molecule has 0 spiro atoms. The van der Waals surface area contributed by atoms with Gasteiger partial charge < -0.3 is 4.74 Å². The lowest BCUT2D eigenvalue weighted by atomic mass is 10.4. The lowest BCUT2D eigenvalue weighted by molar-refractivity contribution is -0.142. The van der Waals surface area contributed by atoms with E-state index in [1.165, 1.54) is 0 Å². The van der Waals surface area contributed by atoms with Crippen molar-refractivity contribution in [1.82, 2.24) is 10.6 Å². The van der Waals surface area contributed by atoms with E-state index >= 15 is 0 Å². The molecule has 1 heterocycles. The predicted octanol–water partition coefficient (Wildman–Crippen LogP) is -0.833. The number of ether oxygens (including phenoxy) is 1. The second-order valence-corrected chi connectivity index (χ2v) is 2.60. The van der Waals surface area contributed by atoms with Gasteiger partial charge in [-0.3, -0.25) is 20.2 Å². The molecule has 0 bridgehead atoms. The Kier molecular flexibility index (Phi) is 3.86. The minimum atomic E-state index is -1.02. The minimum absolute atomic E-state index is 0.168. The zero-order valence-corrected chi connectivity index (χ0v) is 8.02. The van der Waals surface area contributed by atoms with Gasteiger partial charge in [0.05, 0.1) is 13.2 Å². The number of hydrogen-bond donors (Lipinski definition) is 2. The van der Waals surface area contributed by atoms with Gasteiger partial charge in [-0.15, -0.1) is 0 Å². The Bertz CT molecular complexity index is 314. The Morgan fingerprint density at radius 2 is 2.33 bits per heavy atom. The molecule has 8 nitrogen and oxygen atoms in total. The van der Waals surface area contributed by atoms with E-state index in [2.05, 4.69) is 20.3 Å². The van der Waals surface area contributed by atoms with Crippen LogP contribution >= 0.6 is 0 Å². The van der Waals surface area contributed by atoms with Crippen LogP contribution in [0.4, 0.5) is 4.79 Å². The van der Waals surface area contributed by atoms with E-state index in [1.54, 1.807) is 6.92 Å². The number of carbonyl (C=O) groups excluding carboxylic acids is 3. The van der Waals surface area contributed by atoms with Crippen molar-refractivity contribution in [2.75, 3.05) is 13.2 Å². The fourth-order valence-corrected chi connectivity index (χ4v) is 0.887. The molecule has 3 amide bonds. The van der Waals surface area contributed by atoms with Gasteiger partial charge in [0, 0.05) is 0 Å². The fraction of sp³-hybridized carbons (Fsp3) is 0.571. The molecule has 1 rings (SSSR count). The van der Waals surface area contributed by atoms with Crippen LogP contribution in [-0.4, -0.2) is 37.2 Å². The standard InChI is InChI=1S/C7H10N4O4/c1-2-15-4(12)3-8-5-6(13)9-7(14)11-10-5/h5,8H,2-3H2,1H3,(H,9,13,14). The van der Waals surface area contributed by atoms with Crippen LogP contribution in [0.1, 0.15) is 6.92 Å². The Labute approximate surface area is 85.1 Å². The normalized spacial score (nSPS) is 19.9. The van der Waals surface area contributed by atoms with Crippen molar-refractivity contribution < 1.29 is 19.1 Å². The summed E-state index contributed by atoms with van der Waals surface area (Å²) in [5.41, 5.74) is 0. The van der Waals surface area contributed by atoms with Crippen LogP contribution in [0.2, 0.25) is 0 Å². The number of esters is 1. The van der Waals surface area contributed by atoms with Crippen LogP contribution in [0.25, 0.3) is 0 Å². The molecule has 0 fully saturated rings. The Morgan fingerprint density at radius 1 is 1.60 bits per heavy atom. The van der Waals surface area contributed by atoms with Crippen LogP contribution in [-0.2, 0) is 14.3 Å². The largest absolute Gasteiger partial charge is 0.465 e. The van der Waals surface area contributed by atoms with E-state index in [-0.39, 0.29) is 13.2 Å². The molecule has 0 aromatic carbocycles. The molecule has 8 heteroatoms. The van der Waals surface area contributed by atoms with Crippen LogP contribution in [0, 0.1) is 0 Å². The SMILES string of the molecule is CCOC(=O)CNC1N=NC(=O)NC1=O. The molecular weight excluding hydrogens is 204 g/mol. The molecule has 0 aromatic heterocycles. The first kappa shape index (κ1) is 11.2. The number of amides is 3. The molecule has 0 radical (unpaired) electrons. The van der Waals surface area contributed by atoms with E-state index in [1.807, 2.05) is 5.32 Å². The van der Waals surface area contributed by atoms with Gasteiger partial charge in [0.1, 0.15) is 0 Å². The zero-order chi connectivity index (χ0) is 11.3. The van der Waals surface area contributed by atoms with Crippen LogP contribution < -0.4 is 10.6 Å². The number of imide groups is 1. The van der Waals surface area contributed by atoms with Gasteiger partial charge in [-0.25, -0.2) is 4.79 Å². The lowest BCUT2D eigenvalue weighted by Gasteiger charge is -2.14. The van der Waals surface area contributed by atoms with Crippen LogP contribution in [0.3, 0.4) is 0 Å². The van der Waals surface area contributed by atoms with E-state index in [0.717, 1.165) is 0 Å². The summed E-state index contributed by atoms with van der Waals surface area (Å²) in [6.45, 7) is 1.76. The molecule has 82 valence electrons. The molecule has 1 unspecified atom stereocenters. The van der Waals surface area contributed by atoms with Gasteiger partial charge >= 0.3 is 12.0 Å². The Hall–Kier alpha value is -1.83. The Morgan fingerprint density at radius 3 is 2.93 bits per heavy atom. The minimum Gasteiger partial charge on any atom is -0.465 e. The first-order valence-electron chi connectivity index (χ1n) is 4.28. The maximum absolute atomic E-state index is 11.1. The number of rotatable bonds is 4. The average Bonchev–Trinajstić information content (AvgIpc) is 2.17. The number of nitrogens with one attached hydrogen (secondary N) is 2. The molecule has 1 atom stereocenters. The van der Waals surface area contributed by atoms with E-state index in [4.69, 9.17) is 0 Å². The van der Waals surface area contributed by atoms with E-state index in [0.29, 0.717) is 0 Å². The van der Waals surface area contributed by atoms with Crippen molar-refractivity contribution in [3.05, 3.63) is 0 Å². The summed E-state index contributed by atoms with van der Waals surface area (Å²) in [5, 5.41) is 10.9. The summed E-state index contributed by atoms with van der Waals surface area (Å²) >= 11 is 0. The van der Waals surface area contributed by atoms with Gasteiger partial charge in [0.15, 0.2) is 0 Å². The summed E-state index contributed by atoms with van der Waals surface area (Å²) in [6.07, 6.45) is -1.02. The number of carbonyl (C=O) groups is 3. The number of urea groups is 1. The van der Waals surface area contributed by atoms with E-state index < -0.39 is 24.1 Å². The maximum atomic E-state index is 11.1. The highest BCUT2D eigenvalue weighted by atomic mass is 16.5. The monoisotopic (exact) mass is 214 g/mol. The van der Waals surface area contributed by atoms with Crippen molar-refractivity contribution in [2.24, 2.45) is 10.2 Å². The first-order chi connectivity index (χ1) is 7.13. The zero-order valence-electron chi connectivity index (χ0n) is 8.02. The second-order valence-electron chi connectivity index (χ2n) is 2.60. The van der Waals surface area contributed by atoms with Gasteiger partial charge in [-0.05, 0) is 6.92 Å². The number of hydrogen-bond acceptors (Lipinski definition) is 6. The smallest absolute Gasteiger partial charge is 0.366 e. The summed E-state index contributed by atoms with van der Waals surface area (Å²) in [4.78, 5) is 32.5. The predicted molar refractivity (Wildman–Crippen MR) is 46.8 cm³/mol. The average molecular weight is 214 g/mol. The van der Waals surface area contributed by atoms with Crippen molar-refractivity contribution in [3.63, 3.8) is 0 Å². The van der Waals surface area contributed by atoms with Crippen LogP contribution in [0.15, 0.2) is 10.2 Å². The summed E-state index contributed by atoms with van der Waals surface area (Å²) < 4.78 is 4.62. The molecular formula is C7H10N4O4. The third-order valence-electron chi connectivity index (χ3n) is 1.49. The molecule has 2 N–H and O–H groups in total. The van der Waals surface area contributed by atoms with Gasteiger partial charge in [-0.1, -0.05) is 5.11 Å². The summed E-state index contributed by atoms with van der Waals surface area (Å²) in [5.74, 6) is -1.14. The molecule has 0 saturated heterocycles. The topological polar surface area (TPSA) is 109 Å². The number of azo groups is 1.